The summed E-state index contributed by atoms with van der Waals surface area (Å²) in [6.45, 7) is 6.18. The van der Waals surface area contributed by atoms with E-state index in [2.05, 4.69) is 18.7 Å². The van der Waals surface area contributed by atoms with Gasteiger partial charge in [0.1, 0.15) is 4.90 Å². The van der Waals surface area contributed by atoms with Crippen LogP contribution < -0.4 is 10.6 Å². The molecule has 2 rings (SSSR count). The van der Waals surface area contributed by atoms with E-state index >= 15 is 0 Å². The van der Waals surface area contributed by atoms with Gasteiger partial charge in [0.25, 0.3) is 10.0 Å². The van der Waals surface area contributed by atoms with Crippen LogP contribution in [0.3, 0.4) is 0 Å². The normalized spacial score (nSPS) is 25.0. The largest absolute Gasteiger partial charge is 0.326 e. The first-order valence-electron chi connectivity index (χ1n) is 6.94. The lowest BCUT2D eigenvalue weighted by Crippen LogP contribution is -2.54. The van der Waals surface area contributed by atoms with Crippen LogP contribution in [0.1, 0.15) is 43.6 Å². The third-order valence-electron chi connectivity index (χ3n) is 3.86. The summed E-state index contributed by atoms with van der Waals surface area (Å²) in [5, 5.41) is 3.72. The van der Waals surface area contributed by atoms with Crippen molar-refractivity contribution in [1.29, 1.82) is 0 Å². The quantitative estimate of drug-likeness (QED) is 0.890. The number of nitrogens with one attached hydrogen (secondary N) is 1. The summed E-state index contributed by atoms with van der Waals surface area (Å²) < 4.78 is 25.3. The van der Waals surface area contributed by atoms with Crippen LogP contribution in [0, 0.1) is 6.92 Å². The van der Waals surface area contributed by atoms with Crippen LogP contribution in [-0.4, -0.2) is 25.5 Å². The van der Waals surface area contributed by atoms with E-state index in [4.69, 9.17) is 5.73 Å². The molecule has 3 N–H and O–H groups in total. The predicted octanol–water partition coefficient (Wildman–Crippen LogP) is 1.97. The van der Waals surface area contributed by atoms with Crippen LogP contribution in [-0.2, 0) is 16.6 Å². The maximum absolute atomic E-state index is 12.7. The molecule has 5 nitrogen and oxygen atoms in total. The van der Waals surface area contributed by atoms with Crippen molar-refractivity contribution in [3.05, 3.63) is 15.8 Å². The van der Waals surface area contributed by atoms with Gasteiger partial charge in [0.2, 0.25) is 0 Å². The Morgan fingerprint density at radius 1 is 1.40 bits per heavy atom. The Kier molecular flexibility index (Phi) is 4.86. The summed E-state index contributed by atoms with van der Waals surface area (Å²) in [6.07, 6.45) is 3.17. The summed E-state index contributed by atoms with van der Waals surface area (Å²) in [5.74, 6) is 0. The van der Waals surface area contributed by atoms with Gasteiger partial charge < -0.3 is 5.73 Å². The fourth-order valence-corrected chi connectivity index (χ4v) is 5.72. The minimum atomic E-state index is -3.55. The molecule has 1 aliphatic rings. The zero-order valence-electron chi connectivity index (χ0n) is 12.2. The first-order valence-corrected chi connectivity index (χ1v) is 9.31. The summed E-state index contributed by atoms with van der Waals surface area (Å²) in [6, 6.07) is 0.433. The number of aryl methyl sites for hydroxylation is 1. The molecule has 1 aromatic rings. The number of hydrogen-bond acceptors (Lipinski definition) is 5. The van der Waals surface area contributed by atoms with Crippen molar-refractivity contribution in [2.24, 2.45) is 5.73 Å². The maximum Gasteiger partial charge on any atom is 0.254 e. The molecule has 114 valence electrons. The van der Waals surface area contributed by atoms with Gasteiger partial charge in [-0.2, -0.15) is 0 Å². The van der Waals surface area contributed by atoms with Crippen molar-refractivity contribution in [2.75, 3.05) is 0 Å². The summed E-state index contributed by atoms with van der Waals surface area (Å²) in [4.78, 5) is 3.84. The Balaban J connectivity index is 2.29. The van der Waals surface area contributed by atoms with Gasteiger partial charge >= 0.3 is 0 Å². The molecule has 0 aromatic carbocycles. The number of nitrogens with zero attached hydrogens (tertiary/aromatic N) is 1. The van der Waals surface area contributed by atoms with Crippen molar-refractivity contribution in [3.63, 3.8) is 0 Å². The Labute approximate surface area is 125 Å². The van der Waals surface area contributed by atoms with Gasteiger partial charge in [-0.3, -0.25) is 0 Å². The van der Waals surface area contributed by atoms with Crippen LogP contribution in [0.5, 0.6) is 0 Å². The number of thiophene rings is 1. The molecule has 1 aliphatic heterocycles. The highest BCUT2D eigenvalue weighted by molar-refractivity contribution is 7.89. The molecule has 2 atom stereocenters. The molecule has 2 unspecified atom stereocenters. The third kappa shape index (κ3) is 3.07. The Morgan fingerprint density at radius 2 is 2.00 bits per heavy atom. The van der Waals surface area contributed by atoms with E-state index in [-0.39, 0.29) is 18.6 Å². The van der Waals surface area contributed by atoms with E-state index in [1.165, 1.54) is 11.3 Å². The lowest BCUT2D eigenvalue weighted by molar-refractivity contribution is 0.0790. The van der Waals surface area contributed by atoms with Crippen molar-refractivity contribution < 1.29 is 8.42 Å². The highest BCUT2D eigenvalue weighted by atomic mass is 32.2. The van der Waals surface area contributed by atoms with Gasteiger partial charge in [0.15, 0.2) is 0 Å². The second-order valence-electron chi connectivity index (χ2n) is 5.51. The lowest BCUT2D eigenvalue weighted by atomic mass is 10.0. The Bertz CT molecular complexity index is 558. The van der Waals surface area contributed by atoms with Gasteiger partial charge in [-0.15, -0.1) is 16.2 Å². The second kappa shape index (κ2) is 6.11. The average molecular weight is 317 g/mol. The molecule has 0 aliphatic carbocycles. The monoisotopic (exact) mass is 317 g/mol. The van der Waals surface area contributed by atoms with Crippen LogP contribution in [0.2, 0.25) is 0 Å². The van der Waals surface area contributed by atoms with Gasteiger partial charge in [-0.25, -0.2) is 13.4 Å². The average Bonchev–Trinajstić information content (AvgIpc) is 2.76. The highest BCUT2D eigenvalue weighted by Gasteiger charge is 2.31. The second-order valence-corrected chi connectivity index (χ2v) is 8.07. The lowest BCUT2D eigenvalue weighted by Gasteiger charge is -2.38. The molecular formula is C13H23N3O2S2. The summed E-state index contributed by atoms with van der Waals surface area (Å²) >= 11 is 1.40. The van der Waals surface area contributed by atoms with E-state index < -0.39 is 10.0 Å². The number of sulfonamides is 1. The van der Waals surface area contributed by atoms with Crippen LogP contribution in [0.15, 0.2) is 10.3 Å². The fraction of sp³-hybridized carbons (Fsp3) is 0.692. The van der Waals surface area contributed by atoms with Gasteiger partial charge in [0.05, 0.1) is 0 Å². The molecule has 2 heterocycles. The minimum Gasteiger partial charge on any atom is -0.326 e. The molecule has 0 bridgehead atoms. The topological polar surface area (TPSA) is 75.4 Å². The summed E-state index contributed by atoms with van der Waals surface area (Å²) in [5.41, 5.74) is 6.42. The third-order valence-corrected chi connectivity index (χ3v) is 6.68. The molecule has 7 heteroatoms. The number of rotatable bonds is 4. The van der Waals surface area contributed by atoms with Crippen LogP contribution in [0.4, 0.5) is 0 Å². The summed E-state index contributed by atoms with van der Waals surface area (Å²) in [7, 11) is -3.55. The molecule has 0 amide bonds. The molecule has 0 saturated carbocycles. The fourth-order valence-electron chi connectivity index (χ4n) is 2.77. The van der Waals surface area contributed by atoms with Gasteiger partial charge in [0, 0.05) is 23.5 Å². The first kappa shape index (κ1) is 15.9. The van der Waals surface area contributed by atoms with Crippen LogP contribution >= 0.6 is 11.3 Å². The molecule has 0 radical (unpaired) electrons. The molecular weight excluding hydrogens is 294 g/mol. The van der Waals surface area contributed by atoms with E-state index in [9.17, 15) is 8.42 Å². The van der Waals surface area contributed by atoms with Crippen LogP contribution in [0.25, 0.3) is 0 Å². The van der Waals surface area contributed by atoms with Crippen molar-refractivity contribution in [2.45, 2.75) is 63.6 Å². The predicted molar refractivity (Wildman–Crippen MR) is 81.9 cm³/mol. The van der Waals surface area contributed by atoms with Crippen molar-refractivity contribution in [1.82, 2.24) is 9.84 Å². The van der Waals surface area contributed by atoms with Crippen molar-refractivity contribution >= 4 is 21.4 Å². The molecule has 1 saturated heterocycles. The molecule has 20 heavy (non-hydrogen) atoms. The van der Waals surface area contributed by atoms with E-state index in [1.807, 2.05) is 17.3 Å². The van der Waals surface area contributed by atoms with Crippen molar-refractivity contribution in [3.8, 4) is 0 Å². The zero-order chi connectivity index (χ0) is 14.9. The van der Waals surface area contributed by atoms with Gasteiger partial charge in [-0.1, -0.05) is 6.42 Å². The maximum atomic E-state index is 12.7. The number of hydrazine groups is 1. The van der Waals surface area contributed by atoms with E-state index in [0.29, 0.717) is 9.77 Å². The number of hydrogen-bond donors (Lipinski definition) is 2. The SMILES string of the molecule is Cc1csc(CN)c1S(=O)(=O)NN1C(C)CCCC1C. The molecule has 1 aromatic heterocycles. The first-order chi connectivity index (χ1) is 9.36. The number of piperidine rings is 1. The molecule has 0 spiro atoms. The zero-order valence-corrected chi connectivity index (χ0v) is 13.9. The minimum absolute atomic E-state index is 0.216. The van der Waals surface area contributed by atoms with E-state index in [0.717, 1.165) is 24.8 Å². The smallest absolute Gasteiger partial charge is 0.254 e. The molecule has 1 fully saturated rings. The van der Waals surface area contributed by atoms with Gasteiger partial charge in [-0.05, 0) is 44.6 Å². The highest BCUT2D eigenvalue weighted by Crippen LogP contribution is 2.28. The standard InChI is InChI=1S/C13H23N3O2S2/c1-9-8-19-12(7-14)13(9)20(17,18)15-16-10(2)5-4-6-11(16)3/h8,10-11,15H,4-7,14H2,1-3H3. The Morgan fingerprint density at radius 3 is 2.55 bits per heavy atom. The Hall–Kier alpha value is -0.470. The van der Waals surface area contributed by atoms with E-state index in [1.54, 1.807) is 0 Å². The number of nitrogens with two attached hydrogens (primary N) is 1.